The van der Waals surface area contributed by atoms with Crippen LogP contribution in [0.2, 0.25) is 0 Å². The standard InChI is InChI=1S/C18H24N4/c1-14-7-6-12-22(13-14)17-10-11-19-18(21-17)20-15(2)16-8-4-3-5-9-16/h3-5,8-11,14-15H,6-7,12-13H2,1-2H3,(H,19,20,21). The quantitative estimate of drug-likeness (QED) is 0.929. The summed E-state index contributed by atoms with van der Waals surface area (Å²) in [5.74, 6) is 2.47. The van der Waals surface area contributed by atoms with Gasteiger partial charge in [0.05, 0.1) is 6.04 Å². The number of aromatic nitrogens is 2. The molecule has 4 nitrogen and oxygen atoms in total. The average Bonchev–Trinajstić information content (AvgIpc) is 2.56. The van der Waals surface area contributed by atoms with Crippen LogP contribution < -0.4 is 10.2 Å². The summed E-state index contributed by atoms with van der Waals surface area (Å²) in [6.45, 7) is 6.62. The second kappa shape index (κ2) is 6.77. The maximum absolute atomic E-state index is 4.70. The second-order valence-corrected chi connectivity index (χ2v) is 6.21. The van der Waals surface area contributed by atoms with Crippen molar-refractivity contribution in [1.82, 2.24) is 9.97 Å². The van der Waals surface area contributed by atoms with E-state index in [1.165, 1.54) is 18.4 Å². The SMILES string of the molecule is CC1CCCN(c2ccnc(NC(C)c3ccccc3)n2)C1. The Kier molecular flexibility index (Phi) is 4.56. The second-order valence-electron chi connectivity index (χ2n) is 6.21. The minimum atomic E-state index is 0.191. The van der Waals surface area contributed by atoms with Crippen molar-refractivity contribution in [3.05, 3.63) is 48.2 Å². The largest absolute Gasteiger partial charge is 0.356 e. The fourth-order valence-corrected chi connectivity index (χ4v) is 3.01. The number of anilines is 2. The smallest absolute Gasteiger partial charge is 0.225 e. The number of piperidine rings is 1. The summed E-state index contributed by atoms with van der Waals surface area (Å²) in [6.07, 6.45) is 4.41. The molecule has 1 aliphatic heterocycles. The monoisotopic (exact) mass is 296 g/mol. The molecule has 2 atom stereocenters. The van der Waals surface area contributed by atoms with Gasteiger partial charge in [-0.1, -0.05) is 37.3 Å². The topological polar surface area (TPSA) is 41.1 Å². The molecule has 0 amide bonds. The zero-order valence-corrected chi connectivity index (χ0v) is 13.4. The third-order valence-corrected chi connectivity index (χ3v) is 4.27. The lowest BCUT2D eigenvalue weighted by molar-refractivity contribution is 0.444. The Morgan fingerprint density at radius 3 is 2.82 bits per heavy atom. The van der Waals surface area contributed by atoms with E-state index in [4.69, 9.17) is 4.98 Å². The van der Waals surface area contributed by atoms with Crippen LogP contribution in [0.1, 0.15) is 38.3 Å². The van der Waals surface area contributed by atoms with Crippen molar-refractivity contribution in [3.63, 3.8) is 0 Å². The highest BCUT2D eigenvalue weighted by molar-refractivity contribution is 5.43. The van der Waals surface area contributed by atoms with Gasteiger partial charge in [-0.3, -0.25) is 0 Å². The van der Waals surface area contributed by atoms with E-state index in [-0.39, 0.29) is 6.04 Å². The van der Waals surface area contributed by atoms with E-state index in [9.17, 15) is 0 Å². The Labute approximate surface area is 132 Å². The first-order valence-corrected chi connectivity index (χ1v) is 8.12. The van der Waals surface area contributed by atoms with Crippen LogP contribution in [-0.4, -0.2) is 23.1 Å². The van der Waals surface area contributed by atoms with E-state index in [0.29, 0.717) is 5.95 Å². The summed E-state index contributed by atoms with van der Waals surface area (Å²) in [5, 5.41) is 3.40. The maximum atomic E-state index is 4.70. The molecular formula is C18H24N4. The van der Waals surface area contributed by atoms with Crippen LogP contribution in [0.5, 0.6) is 0 Å². The highest BCUT2D eigenvalue weighted by Crippen LogP contribution is 2.23. The van der Waals surface area contributed by atoms with Gasteiger partial charge in [0.1, 0.15) is 5.82 Å². The number of nitrogens with zero attached hydrogens (tertiary/aromatic N) is 3. The Hall–Kier alpha value is -2.10. The molecular weight excluding hydrogens is 272 g/mol. The predicted molar refractivity (Wildman–Crippen MR) is 91.1 cm³/mol. The molecule has 0 aliphatic carbocycles. The molecule has 1 aliphatic rings. The summed E-state index contributed by atoms with van der Waals surface area (Å²) in [7, 11) is 0. The molecule has 3 rings (SSSR count). The summed E-state index contributed by atoms with van der Waals surface area (Å²) in [6, 6.07) is 12.6. The Morgan fingerprint density at radius 2 is 2.05 bits per heavy atom. The summed E-state index contributed by atoms with van der Waals surface area (Å²) < 4.78 is 0. The normalized spacial score (nSPS) is 19.7. The molecule has 0 saturated carbocycles. The van der Waals surface area contributed by atoms with Gasteiger partial charge in [-0.2, -0.15) is 4.98 Å². The maximum Gasteiger partial charge on any atom is 0.225 e. The fraction of sp³-hybridized carbons (Fsp3) is 0.444. The lowest BCUT2D eigenvalue weighted by atomic mass is 10.0. The third kappa shape index (κ3) is 3.56. The van der Waals surface area contributed by atoms with Gasteiger partial charge in [0.25, 0.3) is 0 Å². The van der Waals surface area contributed by atoms with Crippen LogP contribution in [-0.2, 0) is 0 Å². The molecule has 0 bridgehead atoms. The Balaban J connectivity index is 1.71. The van der Waals surface area contributed by atoms with Crippen molar-refractivity contribution in [2.45, 2.75) is 32.7 Å². The Bertz CT molecular complexity index is 599. The summed E-state index contributed by atoms with van der Waals surface area (Å²) in [5.41, 5.74) is 1.24. The van der Waals surface area contributed by atoms with E-state index < -0.39 is 0 Å². The number of benzene rings is 1. The fourth-order valence-electron chi connectivity index (χ4n) is 3.01. The molecule has 2 unspecified atom stereocenters. The van der Waals surface area contributed by atoms with Crippen LogP contribution in [0.25, 0.3) is 0 Å². The zero-order valence-electron chi connectivity index (χ0n) is 13.4. The van der Waals surface area contributed by atoms with Crippen LogP contribution >= 0.6 is 0 Å². The van der Waals surface area contributed by atoms with Crippen molar-refractivity contribution < 1.29 is 0 Å². The molecule has 1 saturated heterocycles. The van der Waals surface area contributed by atoms with Gasteiger partial charge in [-0.25, -0.2) is 4.98 Å². The number of hydrogen-bond acceptors (Lipinski definition) is 4. The van der Waals surface area contributed by atoms with Gasteiger partial charge in [0.2, 0.25) is 5.95 Å². The molecule has 2 heterocycles. The minimum Gasteiger partial charge on any atom is -0.356 e. The predicted octanol–water partition coefficient (Wildman–Crippen LogP) is 3.89. The van der Waals surface area contributed by atoms with Crippen molar-refractivity contribution in [3.8, 4) is 0 Å². The molecule has 1 aromatic carbocycles. The van der Waals surface area contributed by atoms with Crippen LogP contribution in [0.4, 0.5) is 11.8 Å². The van der Waals surface area contributed by atoms with E-state index >= 15 is 0 Å². The lowest BCUT2D eigenvalue weighted by Gasteiger charge is -2.32. The van der Waals surface area contributed by atoms with Crippen molar-refractivity contribution in [1.29, 1.82) is 0 Å². The van der Waals surface area contributed by atoms with Crippen molar-refractivity contribution in [2.75, 3.05) is 23.3 Å². The van der Waals surface area contributed by atoms with Crippen LogP contribution in [0, 0.1) is 5.92 Å². The van der Waals surface area contributed by atoms with E-state index in [1.54, 1.807) is 0 Å². The summed E-state index contributed by atoms with van der Waals surface area (Å²) in [4.78, 5) is 11.4. The average molecular weight is 296 g/mol. The summed E-state index contributed by atoms with van der Waals surface area (Å²) >= 11 is 0. The Morgan fingerprint density at radius 1 is 1.23 bits per heavy atom. The van der Waals surface area contributed by atoms with Crippen LogP contribution in [0.3, 0.4) is 0 Å². The molecule has 22 heavy (non-hydrogen) atoms. The van der Waals surface area contributed by atoms with Crippen LogP contribution in [0.15, 0.2) is 42.6 Å². The van der Waals surface area contributed by atoms with Crippen molar-refractivity contribution >= 4 is 11.8 Å². The first kappa shape index (κ1) is 14.8. The van der Waals surface area contributed by atoms with E-state index in [1.807, 2.05) is 18.3 Å². The molecule has 0 spiro atoms. The molecule has 4 heteroatoms. The van der Waals surface area contributed by atoms with Gasteiger partial charge < -0.3 is 10.2 Å². The minimum absolute atomic E-state index is 0.191. The van der Waals surface area contributed by atoms with Gasteiger partial charge >= 0.3 is 0 Å². The molecule has 1 aromatic heterocycles. The molecule has 0 radical (unpaired) electrons. The zero-order chi connectivity index (χ0) is 15.4. The number of hydrogen-bond donors (Lipinski definition) is 1. The van der Waals surface area contributed by atoms with E-state index in [2.05, 4.69) is 53.3 Å². The van der Waals surface area contributed by atoms with Gasteiger partial charge in [-0.05, 0) is 37.3 Å². The van der Waals surface area contributed by atoms with Gasteiger partial charge in [0, 0.05) is 19.3 Å². The first-order valence-electron chi connectivity index (χ1n) is 8.12. The lowest BCUT2D eigenvalue weighted by Crippen LogP contribution is -2.34. The highest BCUT2D eigenvalue weighted by Gasteiger charge is 2.18. The molecule has 1 N–H and O–H groups in total. The number of nitrogens with one attached hydrogen (secondary N) is 1. The van der Waals surface area contributed by atoms with Crippen molar-refractivity contribution in [2.24, 2.45) is 5.92 Å². The molecule has 1 fully saturated rings. The highest BCUT2D eigenvalue weighted by atomic mass is 15.2. The number of rotatable bonds is 4. The molecule has 2 aromatic rings. The van der Waals surface area contributed by atoms with Gasteiger partial charge in [0.15, 0.2) is 0 Å². The van der Waals surface area contributed by atoms with Gasteiger partial charge in [-0.15, -0.1) is 0 Å². The van der Waals surface area contributed by atoms with E-state index in [0.717, 1.165) is 24.8 Å². The third-order valence-electron chi connectivity index (χ3n) is 4.27. The molecule has 116 valence electrons. The first-order chi connectivity index (χ1) is 10.7.